The molecule has 32 heavy (non-hydrogen) atoms. The molecule has 2 aromatic heterocycles. The third-order valence-electron chi connectivity index (χ3n) is 4.45. The van der Waals surface area contributed by atoms with Gasteiger partial charge in [-0.2, -0.15) is 0 Å². The van der Waals surface area contributed by atoms with Gasteiger partial charge in [-0.1, -0.05) is 23.7 Å². The number of aryl methyl sites for hydroxylation is 1. The van der Waals surface area contributed by atoms with Crippen LogP contribution >= 0.6 is 11.6 Å². The second-order valence-electron chi connectivity index (χ2n) is 6.85. The topological polar surface area (TPSA) is 109 Å². The molecule has 3 N–H and O–H groups in total. The van der Waals surface area contributed by atoms with E-state index in [1.807, 2.05) is 25.1 Å². The number of sulfonamides is 1. The minimum Gasteiger partial charge on any atom is -0.340 e. The number of aromatic nitrogens is 3. The molecule has 0 unspecified atom stereocenters. The maximum atomic E-state index is 12.6. The first kappa shape index (κ1) is 21.5. The standard InChI is InChI=1S/C22H19ClN6O2S/c1-15-5-10-18(12-19(15)23)32(30,31)29-17-8-6-16(7-9-17)27-21-13-22(26-14-25-21)28-20-4-2-3-11-24-20/h2-14,29H,1H3,(H2,24,25,26,27,28). The summed E-state index contributed by atoms with van der Waals surface area (Å²) in [6.07, 6.45) is 3.12. The molecule has 0 amide bonds. The minimum absolute atomic E-state index is 0.101. The van der Waals surface area contributed by atoms with Crippen molar-refractivity contribution in [1.82, 2.24) is 15.0 Å². The third-order valence-corrected chi connectivity index (χ3v) is 6.24. The van der Waals surface area contributed by atoms with E-state index in [-0.39, 0.29) is 4.90 Å². The van der Waals surface area contributed by atoms with Crippen LogP contribution in [0.1, 0.15) is 5.56 Å². The maximum Gasteiger partial charge on any atom is 0.261 e. The van der Waals surface area contributed by atoms with Gasteiger partial charge in [0, 0.05) is 28.7 Å². The highest BCUT2D eigenvalue weighted by Gasteiger charge is 2.15. The fourth-order valence-electron chi connectivity index (χ4n) is 2.79. The molecular weight excluding hydrogens is 448 g/mol. The van der Waals surface area contributed by atoms with Gasteiger partial charge in [0.15, 0.2) is 0 Å². The quantitative estimate of drug-likeness (QED) is 0.346. The molecule has 4 rings (SSSR count). The normalized spacial score (nSPS) is 11.1. The van der Waals surface area contributed by atoms with Gasteiger partial charge in [-0.25, -0.2) is 23.4 Å². The van der Waals surface area contributed by atoms with Crippen LogP contribution in [0.5, 0.6) is 0 Å². The monoisotopic (exact) mass is 466 g/mol. The molecule has 0 aliphatic rings. The number of pyridine rings is 1. The SMILES string of the molecule is Cc1ccc(S(=O)(=O)Nc2ccc(Nc3cc(Nc4ccccn4)ncn3)cc2)cc1Cl. The number of anilines is 5. The van der Waals surface area contributed by atoms with Gasteiger partial charge in [-0.05, 0) is 61.0 Å². The van der Waals surface area contributed by atoms with E-state index in [2.05, 4.69) is 30.3 Å². The Hall–Kier alpha value is -3.69. The van der Waals surface area contributed by atoms with Crippen LogP contribution in [-0.4, -0.2) is 23.4 Å². The molecule has 0 fully saturated rings. The maximum absolute atomic E-state index is 12.6. The Balaban J connectivity index is 1.44. The molecular formula is C22H19ClN6O2S. The number of benzene rings is 2. The summed E-state index contributed by atoms with van der Waals surface area (Å²) in [7, 11) is -3.75. The number of hydrogen-bond acceptors (Lipinski definition) is 7. The number of nitrogens with one attached hydrogen (secondary N) is 3. The Morgan fingerprint density at radius 3 is 2.19 bits per heavy atom. The summed E-state index contributed by atoms with van der Waals surface area (Å²) >= 11 is 6.06. The molecule has 2 aromatic carbocycles. The van der Waals surface area contributed by atoms with E-state index in [0.29, 0.717) is 28.2 Å². The fourth-order valence-corrected chi connectivity index (χ4v) is 4.12. The van der Waals surface area contributed by atoms with Gasteiger partial charge in [-0.15, -0.1) is 0 Å². The summed E-state index contributed by atoms with van der Waals surface area (Å²) in [5.41, 5.74) is 1.96. The summed E-state index contributed by atoms with van der Waals surface area (Å²) < 4.78 is 27.8. The molecule has 0 spiro atoms. The summed E-state index contributed by atoms with van der Waals surface area (Å²) in [5, 5.41) is 6.66. The van der Waals surface area contributed by atoms with Crippen LogP contribution in [-0.2, 0) is 10.0 Å². The van der Waals surface area contributed by atoms with Crippen LogP contribution in [0.4, 0.5) is 28.8 Å². The molecule has 0 atom stereocenters. The summed E-state index contributed by atoms with van der Waals surface area (Å²) in [5.74, 6) is 1.83. The largest absolute Gasteiger partial charge is 0.340 e. The molecule has 0 bridgehead atoms. The minimum atomic E-state index is -3.75. The first-order valence-electron chi connectivity index (χ1n) is 9.55. The molecule has 162 valence electrons. The molecule has 0 aliphatic carbocycles. The van der Waals surface area contributed by atoms with E-state index >= 15 is 0 Å². The molecule has 0 aliphatic heterocycles. The Labute approximate surface area is 190 Å². The Morgan fingerprint density at radius 1 is 0.781 bits per heavy atom. The second-order valence-corrected chi connectivity index (χ2v) is 8.94. The average molecular weight is 467 g/mol. The van der Waals surface area contributed by atoms with Crippen molar-refractivity contribution in [1.29, 1.82) is 0 Å². The Kier molecular flexibility index (Phi) is 6.20. The molecule has 8 nitrogen and oxygen atoms in total. The summed E-state index contributed by atoms with van der Waals surface area (Å²) in [6, 6.07) is 18.7. The van der Waals surface area contributed by atoms with Crippen LogP contribution in [0, 0.1) is 6.92 Å². The van der Waals surface area contributed by atoms with E-state index < -0.39 is 10.0 Å². The number of hydrogen-bond donors (Lipinski definition) is 3. The van der Waals surface area contributed by atoms with Crippen molar-refractivity contribution in [2.75, 3.05) is 15.4 Å². The average Bonchev–Trinajstić information content (AvgIpc) is 2.78. The Bertz CT molecular complexity index is 1330. The molecule has 4 aromatic rings. The van der Waals surface area contributed by atoms with Gasteiger partial charge in [0.05, 0.1) is 4.90 Å². The number of halogens is 1. The van der Waals surface area contributed by atoms with E-state index in [4.69, 9.17) is 11.6 Å². The molecule has 2 heterocycles. The molecule has 0 saturated carbocycles. The zero-order valence-electron chi connectivity index (χ0n) is 16.9. The second kappa shape index (κ2) is 9.21. The first-order chi connectivity index (χ1) is 15.4. The number of rotatable bonds is 7. The van der Waals surface area contributed by atoms with E-state index in [9.17, 15) is 8.42 Å². The van der Waals surface area contributed by atoms with Crippen molar-refractivity contribution < 1.29 is 8.42 Å². The van der Waals surface area contributed by atoms with Crippen LogP contribution in [0.15, 0.2) is 84.1 Å². The third kappa shape index (κ3) is 5.32. The lowest BCUT2D eigenvalue weighted by Gasteiger charge is -2.11. The zero-order valence-corrected chi connectivity index (χ0v) is 18.5. The predicted octanol–water partition coefficient (Wildman–Crippen LogP) is 5.12. The van der Waals surface area contributed by atoms with Crippen molar-refractivity contribution in [3.05, 3.63) is 89.8 Å². The van der Waals surface area contributed by atoms with Crippen LogP contribution in [0.25, 0.3) is 0 Å². The van der Waals surface area contributed by atoms with Gasteiger partial charge in [0.25, 0.3) is 10.0 Å². The highest BCUT2D eigenvalue weighted by molar-refractivity contribution is 7.92. The van der Waals surface area contributed by atoms with Gasteiger partial charge >= 0.3 is 0 Å². The van der Waals surface area contributed by atoms with Crippen molar-refractivity contribution in [3.8, 4) is 0 Å². The van der Waals surface area contributed by atoms with Gasteiger partial charge in [-0.3, -0.25) is 4.72 Å². The smallest absolute Gasteiger partial charge is 0.261 e. The van der Waals surface area contributed by atoms with Crippen molar-refractivity contribution in [3.63, 3.8) is 0 Å². The Morgan fingerprint density at radius 2 is 1.50 bits per heavy atom. The van der Waals surface area contributed by atoms with Crippen molar-refractivity contribution in [2.24, 2.45) is 0 Å². The fraction of sp³-hybridized carbons (Fsp3) is 0.0455. The van der Waals surface area contributed by atoms with Crippen LogP contribution in [0.2, 0.25) is 5.02 Å². The van der Waals surface area contributed by atoms with Gasteiger partial charge in [0.2, 0.25) is 0 Å². The highest BCUT2D eigenvalue weighted by atomic mass is 35.5. The van der Waals surface area contributed by atoms with E-state index in [1.165, 1.54) is 18.5 Å². The predicted molar refractivity (Wildman–Crippen MR) is 126 cm³/mol. The number of nitrogens with zero attached hydrogens (tertiary/aromatic N) is 3. The van der Waals surface area contributed by atoms with E-state index in [1.54, 1.807) is 42.6 Å². The lowest BCUT2D eigenvalue weighted by molar-refractivity contribution is 0.601. The zero-order chi connectivity index (χ0) is 22.6. The lowest BCUT2D eigenvalue weighted by atomic mass is 10.2. The van der Waals surface area contributed by atoms with Crippen LogP contribution < -0.4 is 15.4 Å². The molecule has 10 heteroatoms. The summed E-state index contributed by atoms with van der Waals surface area (Å²) in [6.45, 7) is 1.81. The molecule has 0 saturated heterocycles. The van der Waals surface area contributed by atoms with Gasteiger partial charge < -0.3 is 10.6 Å². The van der Waals surface area contributed by atoms with Crippen molar-refractivity contribution >= 4 is 50.5 Å². The molecule has 0 radical (unpaired) electrons. The van der Waals surface area contributed by atoms with Crippen molar-refractivity contribution in [2.45, 2.75) is 11.8 Å². The van der Waals surface area contributed by atoms with Gasteiger partial charge in [0.1, 0.15) is 23.8 Å². The first-order valence-corrected chi connectivity index (χ1v) is 11.4. The van der Waals surface area contributed by atoms with E-state index in [0.717, 1.165) is 11.3 Å². The highest BCUT2D eigenvalue weighted by Crippen LogP contribution is 2.24. The summed E-state index contributed by atoms with van der Waals surface area (Å²) in [4.78, 5) is 12.7. The van der Waals surface area contributed by atoms with Crippen LogP contribution in [0.3, 0.4) is 0 Å². The lowest BCUT2D eigenvalue weighted by Crippen LogP contribution is -2.13.